The van der Waals surface area contributed by atoms with Crippen LogP contribution in [0.1, 0.15) is 21.6 Å². The Morgan fingerprint density at radius 3 is 2.68 bits per heavy atom. The third-order valence-corrected chi connectivity index (χ3v) is 2.69. The minimum Gasteiger partial charge on any atom is -0.478 e. The highest BCUT2D eigenvalue weighted by molar-refractivity contribution is 5.92. The molecule has 2 rings (SSSR count). The molecule has 1 N–H and O–H groups in total. The lowest BCUT2D eigenvalue weighted by atomic mass is 10.0. The number of benzene rings is 1. The molecule has 0 spiro atoms. The highest BCUT2D eigenvalue weighted by Gasteiger charge is 2.17. The number of halogens is 1. The monoisotopic (exact) mass is 256 g/mol. The fraction of sp³-hybridized carbons (Fsp3) is 0.0714. The Balaban J connectivity index is 2.72. The number of nitriles is 1. The van der Waals surface area contributed by atoms with Gasteiger partial charge < -0.3 is 5.11 Å². The second kappa shape index (κ2) is 4.86. The van der Waals surface area contributed by atoms with Crippen LogP contribution in [0.15, 0.2) is 30.3 Å². The normalized spacial score (nSPS) is 9.95. The van der Waals surface area contributed by atoms with Gasteiger partial charge in [-0.05, 0) is 25.1 Å². The molecule has 5 heteroatoms. The first-order chi connectivity index (χ1) is 9.04. The standard InChI is InChI=1S/C14H9FN2O2/c1-8-11(7-16)10(14(18)19)6-13(17-8)9-4-2-3-5-12(9)15/h2-6H,1H3,(H,18,19). The Morgan fingerprint density at radius 2 is 2.11 bits per heavy atom. The zero-order valence-corrected chi connectivity index (χ0v) is 10.0. The van der Waals surface area contributed by atoms with Crippen LogP contribution in [0.5, 0.6) is 0 Å². The molecule has 0 fully saturated rings. The van der Waals surface area contributed by atoms with E-state index in [2.05, 4.69) is 4.98 Å². The molecule has 1 aromatic carbocycles. The quantitative estimate of drug-likeness (QED) is 0.896. The van der Waals surface area contributed by atoms with E-state index >= 15 is 0 Å². The van der Waals surface area contributed by atoms with Gasteiger partial charge >= 0.3 is 5.97 Å². The number of carboxylic acid groups (broad SMARTS) is 1. The van der Waals surface area contributed by atoms with Crippen molar-refractivity contribution in [3.8, 4) is 17.3 Å². The van der Waals surface area contributed by atoms with E-state index in [1.807, 2.05) is 0 Å². The van der Waals surface area contributed by atoms with Crippen molar-refractivity contribution in [3.05, 3.63) is 53.0 Å². The highest BCUT2D eigenvalue weighted by atomic mass is 19.1. The molecular weight excluding hydrogens is 247 g/mol. The summed E-state index contributed by atoms with van der Waals surface area (Å²) in [6.45, 7) is 1.52. The Bertz CT molecular complexity index is 705. The van der Waals surface area contributed by atoms with Crippen LogP contribution in [0.3, 0.4) is 0 Å². The van der Waals surface area contributed by atoms with E-state index in [4.69, 9.17) is 10.4 Å². The largest absolute Gasteiger partial charge is 0.478 e. The van der Waals surface area contributed by atoms with Crippen LogP contribution in [0.25, 0.3) is 11.3 Å². The van der Waals surface area contributed by atoms with Gasteiger partial charge in [0.2, 0.25) is 0 Å². The smallest absolute Gasteiger partial charge is 0.337 e. The summed E-state index contributed by atoms with van der Waals surface area (Å²) in [7, 11) is 0. The van der Waals surface area contributed by atoms with Crippen molar-refractivity contribution in [2.24, 2.45) is 0 Å². The maximum absolute atomic E-state index is 13.7. The summed E-state index contributed by atoms with van der Waals surface area (Å²) < 4.78 is 13.7. The summed E-state index contributed by atoms with van der Waals surface area (Å²) in [6, 6.07) is 8.96. The van der Waals surface area contributed by atoms with Crippen molar-refractivity contribution in [3.63, 3.8) is 0 Å². The van der Waals surface area contributed by atoms with Gasteiger partial charge in [0.25, 0.3) is 0 Å². The number of pyridine rings is 1. The predicted molar refractivity (Wildman–Crippen MR) is 66.0 cm³/mol. The molecule has 0 aliphatic rings. The minimum absolute atomic E-state index is 0.00686. The van der Waals surface area contributed by atoms with E-state index in [-0.39, 0.29) is 28.1 Å². The van der Waals surface area contributed by atoms with Gasteiger partial charge in [-0.25, -0.2) is 9.18 Å². The van der Waals surface area contributed by atoms with Crippen molar-refractivity contribution in [2.45, 2.75) is 6.92 Å². The van der Waals surface area contributed by atoms with Gasteiger partial charge in [0.1, 0.15) is 11.9 Å². The number of carboxylic acids is 1. The molecular formula is C14H9FN2O2. The molecule has 0 unspecified atom stereocenters. The number of aryl methyl sites for hydroxylation is 1. The summed E-state index contributed by atoms with van der Waals surface area (Å²) in [5.74, 6) is -1.73. The molecule has 0 saturated carbocycles. The van der Waals surface area contributed by atoms with Crippen LogP contribution in [-0.2, 0) is 0 Å². The number of aromatic nitrogens is 1. The fourth-order valence-corrected chi connectivity index (χ4v) is 1.79. The Labute approximate surface area is 108 Å². The molecule has 19 heavy (non-hydrogen) atoms. The summed E-state index contributed by atoms with van der Waals surface area (Å²) in [5.41, 5.74) is 0.492. The molecule has 2 aromatic rings. The van der Waals surface area contributed by atoms with Crippen LogP contribution in [-0.4, -0.2) is 16.1 Å². The fourth-order valence-electron chi connectivity index (χ4n) is 1.79. The Morgan fingerprint density at radius 1 is 1.42 bits per heavy atom. The molecule has 0 atom stereocenters. The van der Waals surface area contributed by atoms with E-state index in [0.717, 1.165) is 0 Å². The van der Waals surface area contributed by atoms with Crippen molar-refractivity contribution in [2.75, 3.05) is 0 Å². The van der Waals surface area contributed by atoms with Crippen LogP contribution >= 0.6 is 0 Å². The summed E-state index contributed by atoms with van der Waals surface area (Å²) >= 11 is 0. The van der Waals surface area contributed by atoms with Gasteiger partial charge in [-0.2, -0.15) is 5.26 Å². The number of nitrogens with zero attached hydrogens (tertiary/aromatic N) is 2. The van der Waals surface area contributed by atoms with E-state index < -0.39 is 11.8 Å². The van der Waals surface area contributed by atoms with E-state index in [9.17, 15) is 9.18 Å². The molecule has 1 heterocycles. The first-order valence-electron chi connectivity index (χ1n) is 5.44. The average molecular weight is 256 g/mol. The van der Waals surface area contributed by atoms with E-state index in [1.165, 1.54) is 31.2 Å². The second-order valence-corrected chi connectivity index (χ2v) is 3.91. The molecule has 94 valence electrons. The van der Waals surface area contributed by atoms with Crippen LogP contribution in [0.2, 0.25) is 0 Å². The SMILES string of the molecule is Cc1nc(-c2ccccc2F)cc(C(=O)O)c1C#N. The predicted octanol–water partition coefficient (Wildman–Crippen LogP) is 2.77. The van der Waals surface area contributed by atoms with E-state index in [1.54, 1.807) is 12.1 Å². The van der Waals surface area contributed by atoms with Gasteiger partial charge in [-0.3, -0.25) is 4.98 Å². The first-order valence-corrected chi connectivity index (χ1v) is 5.44. The molecule has 0 amide bonds. The van der Waals surface area contributed by atoms with Crippen LogP contribution in [0, 0.1) is 24.1 Å². The molecule has 0 bridgehead atoms. The number of hydrogen-bond donors (Lipinski definition) is 1. The van der Waals surface area contributed by atoms with Crippen molar-refractivity contribution < 1.29 is 14.3 Å². The number of carbonyl (C=O) groups is 1. The zero-order valence-electron chi connectivity index (χ0n) is 10.0. The van der Waals surface area contributed by atoms with Gasteiger partial charge in [-0.1, -0.05) is 12.1 Å². The number of rotatable bonds is 2. The lowest BCUT2D eigenvalue weighted by Gasteiger charge is -2.07. The van der Waals surface area contributed by atoms with Crippen LogP contribution < -0.4 is 0 Å². The van der Waals surface area contributed by atoms with E-state index in [0.29, 0.717) is 0 Å². The zero-order chi connectivity index (χ0) is 14.0. The third kappa shape index (κ3) is 2.29. The van der Waals surface area contributed by atoms with Gasteiger partial charge in [-0.15, -0.1) is 0 Å². The summed E-state index contributed by atoms with van der Waals surface area (Å²) in [6.07, 6.45) is 0. The van der Waals surface area contributed by atoms with Crippen LogP contribution in [0.4, 0.5) is 4.39 Å². The lowest BCUT2D eigenvalue weighted by molar-refractivity contribution is 0.0696. The minimum atomic E-state index is -1.24. The summed E-state index contributed by atoms with van der Waals surface area (Å²) in [5, 5.41) is 18.0. The number of aromatic carboxylic acids is 1. The van der Waals surface area contributed by atoms with Gasteiger partial charge in [0.05, 0.1) is 22.5 Å². The van der Waals surface area contributed by atoms with Crippen molar-refractivity contribution in [1.29, 1.82) is 5.26 Å². The maximum atomic E-state index is 13.7. The lowest BCUT2D eigenvalue weighted by Crippen LogP contribution is -2.05. The molecule has 0 aliphatic carbocycles. The second-order valence-electron chi connectivity index (χ2n) is 3.91. The van der Waals surface area contributed by atoms with Gasteiger partial charge in [0.15, 0.2) is 0 Å². The molecule has 1 aromatic heterocycles. The Kier molecular flexibility index (Phi) is 3.25. The van der Waals surface area contributed by atoms with Crippen molar-refractivity contribution in [1.82, 2.24) is 4.98 Å². The Hall–Kier alpha value is -2.74. The molecule has 0 saturated heterocycles. The topological polar surface area (TPSA) is 74.0 Å². The van der Waals surface area contributed by atoms with Gasteiger partial charge in [0, 0.05) is 5.56 Å². The van der Waals surface area contributed by atoms with Crippen molar-refractivity contribution >= 4 is 5.97 Å². The number of hydrogen-bond acceptors (Lipinski definition) is 3. The summed E-state index contributed by atoms with van der Waals surface area (Å²) in [4.78, 5) is 15.2. The third-order valence-electron chi connectivity index (χ3n) is 2.69. The highest BCUT2D eigenvalue weighted by Crippen LogP contribution is 2.24. The average Bonchev–Trinajstić information content (AvgIpc) is 2.38. The molecule has 4 nitrogen and oxygen atoms in total. The maximum Gasteiger partial charge on any atom is 0.337 e. The molecule has 0 radical (unpaired) electrons. The first kappa shape index (κ1) is 12.7. The molecule has 0 aliphatic heterocycles.